The molecule has 1 N–H and O–H groups in total. The highest BCUT2D eigenvalue weighted by Gasteiger charge is 2.21. The van der Waals surface area contributed by atoms with E-state index in [1.54, 1.807) is 12.5 Å². The smallest absolute Gasteiger partial charge is 0.270 e. The first-order valence-corrected chi connectivity index (χ1v) is 14.1. The fourth-order valence-corrected chi connectivity index (χ4v) is 5.83. The number of hydrogen-bond donors (Lipinski definition) is 1. The lowest BCUT2D eigenvalue weighted by molar-refractivity contribution is 0.0949. The van der Waals surface area contributed by atoms with Gasteiger partial charge in [-0.3, -0.25) is 9.36 Å². The van der Waals surface area contributed by atoms with Gasteiger partial charge < -0.3 is 10.1 Å². The van der Waals surface area contributed by atoms with Crippen LogP contribution in [0.15, 0.2) is 89.4 Å². The van der Waals surface area contributed by atoms with Crippen LogP contribution in [0.3, 0.4) is 0 Å². The summed E-state index contributed by atoms with van der Waals surface area (Å²) in [5, 5.41) is 15.7. The van der Waals surface area contributed by atoms with Gasteiger partial charge in [0.25, 0.3) is 5.91 Å². The lowest BCUT2D eigenvalue weighted by Crippen LogP contribution is -2.26. The van der Waals surface area contributed by atoms with Crippen LogP contribution in [-0.4, -0.2) is 39.3 Å². The molecule has 0 spiro atoms. The molecule has 3 aromatic carbocycles. The lowest BCUT2D eigenvalue weighted by atomic mass is 10.1. The van der Waals surface area contributed by atoms with Gasteiger partial charge >= 0.3 is 0 Å². The maximum atomic E-state index is 12.6. The quantitative estimate of drug-likeness (QED) is 0.201. The Kier molecular flexibility index (Phi) is 8.37. The van der Waals surface area contributed by atoms with Crippen LogP contribution in [0.4, 0.5) is 0 Å². The number of ether oxygens (including phenoxy) is 1. The van der Waals surface area contributed by atoms with Crippen molar-refractivity contribution in [2.75, 3.05) is 13.7 Å². The molecule has 0 unspecified atom stereocenters. The number of nitrogens with zero attached hydrogens (tertiary/aromatic N) is 4. The Bertz CT molecular complexity index is 1540. The van der Waals surface area contributed by atoms with Crippen LogP contribution >= 0.6 is 34.7 Å². The second kappa shape index (κ2) is 12.3. The summed E-state index contributed by atoms with van der Waals surface area (Å²) in [6.07, 6.45) is 0.770. The van der Waals surface area contributed by atoms with Gasteiger partial charge in [0.1, 0.15) is 16.5 Å². The second-order valence-electron chi connectivity index (χ2n) is 8.20. The first-order valence-electron chi connectivity index (χ1n) is 11.9. The Hall–Kier alpha value is -3.66. The number of amides is 1. The SMILES string of the molecule is COc1ccccc1-n1c(SCc2nc(C(=O)NCCc3ccccc3)cs2)nnc1-c1ccccc1Cl. The average Bonchev–Trinajstić information content (AvgIpc) is 3.60. The molecule has 0 radical (unpaired) electrons. The predicted molar refractivity (Wildman–Crippen MR) is 153 cm³/mol. The topological polar surface area (TPSA) is 81.9 Å². The molecular formula is C28H24ClN5O2S2. The third-order valence-corrected chi connectivity index (χ3v) is 8.03. The van der Waals surface area contributed by atoms with Crippen LogP contribution in [0.1, 0.15) is 21.1 Å². The largest absolute Gasteiger partial charge is 0.495 e. The zero-order valence-electron chi connectivity index (χ0n) is 20.5. The van der Waals surface area contributed by atoms with Gasteiger partial charge in [0.2, 0.25) is 0 Å². The summed E-state index contributed by atoms with van der Waals surface area (Å²) in [5.41, 5.74) is 3.17. The number of halogens is 1. The van der Waals surface area contributed by atoms with E-state index in [1.807, 2.05) is 83.4 Å². The Labute approximate surface area is 233 Å². The molecule has 0 saturated heterocycles. The van der Waals surface area contributed by atoms with Gasteiger partial charge in [-0.25, -0.2) is 4.98 Å². The van der Waals surface area contributed by atoms with Crippen molar-refractivity contribution in [3.8, 4) is 22.8 Å². The molecule has 5 aromatic rings. The molecule has 0 saturated carbocycles. The van der Waals surface area contributed by atoms with Crippen LogP contribution in [0.5, 0.6) is 5.75 Å². The summed E-state index contributed by atoms with van der Waals surface area (Å²) >= 11 is 9.44. The van der Waals surface area contributed by atoms with Crippen molar-refractivity contribution >= 4 is 40.6 Å². The molecule has 0 aliphatic rings. The van der Waals surface area contributed by atoms with Crippen LogP contribution < -0.4 is 10.1 Å². The number of para-hydroxylation sites is 2. The Morgan fingerprint density at radius 2 is 1.79 bits per heavy atom. The average molecular weight is 562 g/mol. The molecule has 0 atom stereocenters. The predicted octanol–water partition coefficient (Wildman–Crippen LogP) is 6.32. The van der Waals surface area contributed by atoms with Crippen molar-refractivity contribution in [3.05, 3.63) is 106 Å². The van der Waals surface area contributed by atoms with E-state index in [2.05, 4.69) is 20.5 Å². The molecule has 2 heterocycles. The van der Waals surface area contributed by atoms with Crippen molar-refractivity contribution in [1.82, 2.24) is 25.1 Å². The molecule has 2 aromatic heterocycles. The van der Waals surface area contributed by atoms with Gasteiger partial charge in [0, 0.05) is 17.5 Å². The highest BCUT2D eigenvalue weighted by atomic mass is 35.5. The number of aromatic nitrogens is 4. The van der Waals surface area contributed by atoms with Crippen molar-refractivity contribution in [1.29, 1.82) is 0 Å². The van der Waals surface area contributed by atoms with Crippen molar-refractivity contribution in [2.24, 2.45) is 0 Å². The monoisotopic (exact) mass is 561 g/mol. The molecule has 5 rings (SSSR count). The van der Waals surface area contributed by atoms with Crippen LogP contribution in [0.2, 0.25) is 5.02 Å². The summed E-state index contributed by atoms with van der Waals surface area (Å²) in [6, 6.07) is 25.3. The maximum Gasteiger partial charge on any atom is 0.270 e. The molecule has 1 amide bonds. The molecule has 38 heavy (non-hydrogen) atoms. The summed E-state index contributed by atoms with van der Waals surface area (Å²) in [5.74, 6) is 1.65. The van der Waals surface area contributed by atoms with Gasteiger partial charge in [0.05, 0.1) is 23.6 Å². The zero-order chi connectivity index (χ0) is 26.3. The molecule has 0 aliphatic carbocycles. The summed E-state index contributed by atoms with van der Waals surface area (Å²) in [7, 11) is 1.63. The standard InChI is InChI=1S/C28H24ClN5O2S2/c1-36-24-14-8-7-13-23(24)34-26(20-11-5-6-12-21(20)29)32-33-28(34)38-18-25-31-22(17-37-25)27(35)30-16-15-19-9-3-2-4-10-19/h2-14,17H,15-16,18H2,1H3,(H,30,35). The fourth-order valence-electron chi connectivity index (χ4n) is 3.88. The van der Waals surface area contributed by atoms with E-state index in [4.69, 9.17) is 16.3 Å². The number of nitrogens with one attached hydrogen (secondary N) is 1. The maximum absolute atomic E-state index is 12.6. The highest BCUT2D eigenvalue weighted by molar-refractivity contribution is 7.98. The summed E-state index contributed by atoms with van der Waals surface area (Å²) in [4.78, 5) is 17.1. The fraction of sp³-hybridized carbons (Fsp3) is 0.143. The number of hydrogen-bond acceptors (Lipinski definition) is 7. The minimum absolute atomic E-state index is 0.174. The van der Waals surface area contributed by atoms with E-state index in [1.165, 1.54) is 28.7 Å². The number of carbonyl (C=O) groups excluding carboxylic acids is 1. The van der Waals surface area contributed by atoms with E-state index in [-0.39, 0.29) is 5.91 Å². The van der Waals surface area contributed by atoms with E-state index in [0.29, 0.717) is 39.7 Å². The normalized spacial score (nSPS) is 10.9. The van der Waals surface area contributed by atoms with Crippen molar-refractivity contribution in [2.45, 2.75) is 17.3 Å². The molecule has 0 bridgehead atoms. The minimum atomic E-state index is -0.174. The van der Waals surface area contributed by atoms with Crippen molar-refractivity contribution < 1.29 is 9.53 Å². The van der Waals surface area contributed by atoms with Crippen molar-refractivity contribution in [3.63, 3.8) is 0 Å². The van der Waals surface area contributed by atoms with Gasteiger partial charge in [-0.15, -0.1) is 21.5 Å². The molecular weight excluding hydrogens is 538 g/mol. The van der Waals surface area contributed by atoms with Gasteiger partial charge in [-0.05, 0) is 36.2 Å². The van der Waals surface area contributed by atoms with Crippen LogP contribution in [0.25, 0.3) is 17.1 Å². The van der Waals surface area contributed by atoms with E-state index in [0.717, 1.165) is 22.7 Å². The Balaban J connectivity index is 1.33. The number of thioether (sulfide) groups is 1. The first-order chi connectivity index (χ1) is 18.6. The minimum Gasteiger partial charge on any atom is -0.495 e. The van der Waals surface area contributed by atoms with Crippen LogP contribution in [-0.2, 0) is 12.2 Å². The summed E-state index contributed by atoms with van der Waals surface area (Å²) < 4.78 is 7.56. The molecule has 192 valence electrons. The van der Waals surface area contributed by atoms with E-state index < -0.39 is 0 Å². The first kappa shape index (κ1) is 26.0. The van der Waals surface area contributed by atoms with E-state index in [9.17, 15) is 4.79 Å². The third-order valence-electron chi connectivity index (χ3n) is 5.73. The van der Waals surface area contributed by atoms with Gasteiger partial charge in [-0.1, -0.05) is 78.0 Å². The second-order valence-corrected chi connectivity index (χ2v) is 10.5. The number of benzene rings is 3. The van der Waals surface area contributed by atoms with E-state index >= 15 is 0 Å². The highest BCUT2D eigenvalue weighted by Crippen LogP contribution is 2.36. The Morgan fingerprint density at radius 3 is 2.61 bits per heavy atom. The van der Waals surface area contributed by atoms with Gasteiger partial charge in [-0.2, -0.15) is 0 Å². The molecule has 0 fully saturated rings. The van der Waals surface area contributed by atoms with Gasteiger partial charge in [0.15, 0.2) is 11.0 Å². The molecule has 7 nitrogen and oxygen atoms in total. The Morgan fingerprint density at radius 1 is 1.03 bits per heavy atom. The molecule has 10 heteroatoms. The lowest BCUT2D eigenvalue weighted by Gasteiger charge is -2.14. The number of rotatable bonds is 10. The van der Waals surface area contributed by atoms with Crippen LogP contribution in [0, 0.1) is 0 Å². The number of carbonyl (C=O) groups is 1. The molecule has 0 aliphatic heterocycles. The number of methoxy groups -OCH3 is 1. The third kappa shape index (κ3) is 5.91. The number of thiazole rings is 1. The summed E-state index contributed by atoms with van der Waals surface area (Å²) in [6.45, 7) is 0.553. The zero-order valence-corrected chi connectivity index (χ0v) is 22.9.